The molecule has 0 amide bonds. The third-order valence-corrected chi connectivity index (χ3v) is 0.865. The average Bonchev–Trinajstić information content (AvgIpc) is 1.59. The maximum Gasteiger partial charge on any atom is 0.261 e. The van der Waals surface area contributed by atoms with E-state index in [1.54, 1.807) is 13.8 Å². The van der Waals surface area contributed by atoms with Gasteiger partial charge in [0.25, 0.3) is 10.1 Å². The summed E-state index contributed by atoms with van der Waals surface area (Å²) in [5.41, 5.74) is -0.458. The maximum absolute atomic E-state index is 9.19. The third-order valence-electron chi connectivity index (χ3n) is 0.865. The first-order valence-electron chi connectivity index (χ1n) is 3.21. The summed E-state index contributed by atoms with van der Waals surface area (Å²) in [5.74, 6) is 0. The molecular weight excluding hydrogens is 168 g/mol. The minimum Gasteiger partial charge on any atom is -0.390 e. The van der Waals surface area contributed by atoms with Gasteiger partial charge < -0.3 is 5.11 Å². The van der Waals surface area contributed by atoms with E-state index in [2.05, 4.69) is 0 Å². The Kier molecular flexibility index (Phi) is 5.74. The molecule has 0 saturated heterocycles. The minimum atomic E-state index is -3.67. The Morgan fingerprint density at radius 2 is 1.45 bits per heavy atom. The molecule has 0 unspecified atom stereocenters. The highest BCUT2D eigenvalue weighted by Gasteiger charge is 2.05. The number of rotatable bonds is 1. The van der Waals surface area contributed by atoms with E-state index in [1.807, 2.05) is 6.92 Å². The molecule has 5 heteroatoms. The lowest BCUT2D eigenvalue weighted by Gasteiger charge is -2.11. The first kappa shape index (κ1) is 13.5. The van der Waals surface area contributed by atoms with Crippen molar-refractivity contribution in [3.8, 4) is 0 Å². The molecule has 0 aliphatic carbocycles. The Labute approximate surface area is 68.0 Å². The number of aliphatic hydroxyl groups is 1. The molecule has 0 fully saturated rings. The van der Waals surface area contributed by atoms with Crippen molar-refractivity contribution in [1.82, 2.24) is 0 Å². The SMILES string of the molecule is CCC(C)(C)O.CS(=O)(=O)O. The highest BCUT2D eigenvalue weighted by molar-refractivity contribution is 7.85. The molecule has 0 aromatic carbocycles. The average molecular weight is 184 g/mol. The zero-order valence-electron chi connectivity index (χ0n) is 7.33. The summed E-state index contributed by atoms with van der Waals surface area (Å²) in [4.78, 5) is 0. The van der Waals surface area contributed by atoms with Gasteiger partial charge in [0.1, 0.15) is 0 Å². The van der Waals surface area contributed by atoms with Gasteiger partial charge in [0.15, 0.2) is 0 Å². The van der Waals surface area contributed by atoms with Crippen LogP contribution in [0.1, 0.15) is 27.2 Å². The Balaban J connectivity index is 0. The summed E-state index contributed by atoms with van der Waals surface area (Å²) in [7, 11) is -3.67. The van der Waals surface area contributed by atoms with Gasteiger partial charge in [-0.05, 0) is 20.3 Å². The summed E-state index contributed by atoms with van der Waals surface area (Å²) >= 11 is 0. The monoisotopic (exact) mass is 184 g/mol. The second-order valence-electron chi connectivity index (χ2n) is 2.90. The van der Waals surface area contributed by atoms with Crippen LogP contribution in [0.2, 0.25) is 0 Å². The fourth-order valence-electron chi connectivity index (χ4n) is 0. The van der Waals surface area contributed by atoms with E-state index < -0.39 is 15.7 Å². The standard InChI is InChI=1S/C5H12O.CH4O3S/c1-4-5(2,3)6;1-5(2,3)4/h6H,4H2,1-3H3;1H3,(H,2,3,4). The van der Waals surface area contributed by atoms with Crippen LogP contribution in [0.3, 0.4) is 0 Å². The molecule has 0 bridgehead atoms. The molecule has 70 valence electrons. The van der Waals surface area contributed by atoms with E-state index in [4.69, 9.17) is 9.66 Å². The van der Waals surface area contributed by atoms with E-state index >= 15 is 0 Å². The Bertz CT molecular complexity index is 167. The van der Waals surface area contributed by atoms with Crippen molar-refractivity contribution in [2.45, 2.75) is 32.8 Å². The molecule has 2 N–H and O–H groups in total. The van der Waals surface area contributed by atoms with Crippen LogP contribution in [0, 0.1) is 0 Å². The van der Waals surface area contributed by atoms with E-state index in [0.29, 0.717) is 6.26 Å². The van der Waals surface area contributed by atoms with Gasteiger partial charge in [-0.3, -0.25) is 4.55 Å². The van der Waals surface area contributed by atoms with Crippen LogP contribution in [0.25, 0.3) is 0 Å². The van der Waals surface area contributed by atoms with Crippen molar-refractivity contribution in [2.75, 3.05) is 6.26 Å². The molecule has 0 spiro atoms. The molecule has 0 saturated carbocycles. The van der Waals surface area contributed by atoms with Crippen LogP contribution in [-0.4, -0.2) is 29.9 Å². The lowest BCUT2D eigenvalue weighted by molar-refractivity contribution is 0.0765. The van der Waals surface area contributed by atoms with E-state index in [-0.39, 0.29) is 0 Å². The number of hydrogen-bond donors (Lipinski definition) is 2. The first-order chi connectivity index (χ1) is 4.56. The molecule has 0 heterocycles. The third kappa shape index (κ3) is 74.2. The zero-order valence-corrected chi connectivity index (χ0v) is 8.14. The predicted molar refractivity (Wildman–Crippen MR) is 44.1 cm³/mol. The van der Waals surface area contributed by atoms with Gasteiger partial charge >= 0.3 is 0 Å². The Morgan fingerprint density at radius 1 is 1.36 bits per heavy atom. The highest BCUT2D eigenvalue weighted by atomic mass is 32.2. The summed E-state index contributed by atoms with van der Waals surface area (Å²) in [6.45, 7) is 5.56. The van der Waals surface area contributed by atoms with Crippen LogP contribution in [0.4, 0.5) is 0 Å². The molecule has 0 atom stereocenters. The van der Waals surface area contributed by atoms with Crippen LogP contribution in [0.5, 0.6) is 0 Å². The highest BCUT2D eigenvalue weighted by Crippen LogP contribution is 2.03. The van der Waals surface area contributed by atoms with Gasteiger partial charge in [0.05, 0.1) is 11.9 Å². The van der Waals surface area contributed by atoms with Crippen molar-refractivity contribution in [3.63, 3.8) is 0 Å². The normalized spacial score (nSPS) is 11.8. The van der Waals surface area contributed by atoms with Crippen LogP contribution >= 0.6 is 0 Å². The maximum atomic E-state index is 9.19. The Morgan fingerprint density at radius 3 is 1.45 bits per heavy atom. The van der Waals surface area contributed by atoms with Gasteiger partial charge in [-0.15, -0.1) is 0 Å². The van der Waals surface area contributed by atoms with Crippen molar-refractivity contribution >= 4 is 10.1 Å². The van der Waals surface area contributed by atoms with E-state index in [1.165, 1.54) is 0 Å². The van der Waals surface area contributed by atoms with E-state index in [9.17, 15) is 8.42 Å². The van der Waals surface area contributed by atoms with Crippen LogP contribution < -0.4 is 0 Å². The molecule has 0 rings (SSSR count). The number of hydrogen-bond acceptors (Lipinski definition) is 3. The molecule has 0 aromatic heterocycles. The molecule has 0 radical (unpaired) electrons. The van der Waals surface area contributed by atoms with Crippen molar-refractivity contribution < 1.29 is 18.1 Å². The summed E-state index contributed by atoms with van der Waals surface area (Å²) in [6.07, 6.45) is 1.54. The largest absolute Gasteiger partial charge is 0.390 e. The fourth-order valence-corrected chi connectivity index (χ4v) is 0. The second kappa shape index (κ2) is 4.69. The van der Waals surface area contributed by atoms with Gasteiger partial charge in [-0.1, -0.05) is 6.92 Å². The van der Waals surface area contributed by atoms with Crippen molar-refractivity contribution in [1.29, 1.82) is 0 Å². The molecule has 0 aromatic rings. The lowest BCUT2D eigenvalue weighted by Crippen LogP contribution is -2.15. The quantitative estimate of drug-likeness (QED) is 0.587. The smallest absolute Gasteiger partial charge is 0.261 e. The van der Waals surface area contributed by atoms with Crippen molar-refractivity contribution in [3.05, 3.63) is 0 Å². The fraction of sp³-hybridized carbons (Fsp3) is 1.00. The van der Waals surface area contributed by atoms with Gasteiger partial charge in [-0.2, -0.15) is 8.42 Å². The summed E-state index contributed by atoms with van der Waals surface area (Å²) in [6, 6.07) is 0. The van der Waals surface area contributed by atoms with Gasteiger partial charge in [0.2, 0.25) is 0 Å². The van der Waals surface area contributed by atoms with Crippen molar-refractivity contribution in [2.24, 2.45) is 0 Å². The van der Waals surface area contributed by atoms with Crippen LogP contribution in [0.15, 0.2) is 0 Å². The second-order valence-corrected chi connectivity index (χ2v) is 4.37. The first-order valence-corrected chi connectivity index (χ1v) is 5.06. The zero-order chi connectivity index (χ0) is 9.71. The summed E-state index contributed by atoms with van der Waals surface area (Å²) < 4.78 is 25.9. The molecule has 0 aliphatic rings. The molecule has 0 aliphatic heterocycles. The van der Waals surface area contributed by atoms with Crippen LogP contribution in [-0.2, 0) is 10.1 Å². The minimum absolute atomic E-state index is 0.458. The molecule has 11 heavy (non-hydrogen) atoms. The molecular formula is C6H16O4S. The predicted octanol–water partition coefficient (Wildman–Crippen LogP) is 0.671. The van der Waals surface area contributed by atoms with E-state index in [0.717, 1.165) is 6.42 Å². The summed E-state index contributed by atoms with van der Waals surface area (Å²) in [5, 5.41) is 8.83. The molecule has 4 nitrogen and oxygen atoms in total. The van der Waals surface area contributed by atoms with Gasteiger partial charge in [-0.25, -0.2) is 0 Å². The topological polar surface area (TPSA) is 74.6 Å². The van der Waals surface area contributed by atoms with Gasteiger partial charge in [0, 0.05) is 0 Å². The Hall–Kier alpha value is -0.130. The lowest BCUT2D eigenvalue weighted by atomic mass is 10.1.